The van der Waals surface area contributed by atoms with Gasteiger partial charge in [-0.05, 0) is 41.7 Å². The van der Waals surface area contributed by atoms with Crippen molar-refractivity contribution in [3.8, 4) is 0 Å². The highest BCUT2D eigenvalue weighted by Gasteiger charge is 2.32. The second-order valence-corrected chi connectivity index (χ2v) is 7.76. The molecule has 0 aromatic heterocycles. The van der Waals surface area contributed by atoms with Crippen molar-refractivity contribution in [2.24, 2.45) is 0 Å². The highest BCUT2D eigenvalue weighted by Crippen LogP contribution is 2.28. The minimum absolute atomic E-state index is 0.303. The SMILES string of the molecule is OCC[C@H]1CN(Cc2ccc3ccccc3c2)CCN1C1CCCC1. The third kappa shape index (κ3) is 3.89. The molecular formula is C22H30N2O. The van der Waals surface area contributed by atoms with Gasteiger partial charge in [-0.1, -0.05) is 49.2 Å². The number of hydrogen-bond donors (Lipinski definition) is 1. The molecule has 0 unspecified atom stereocenters. The maximum absolute atomic E-state index is 9.53. The van der Waals surface area contributed by atoms with Crippen molar-refractivity contribution in [2.75, 3.05) is 26.2 Å². The van der Waals surface area contributed by atoms with Gasteiger partial charge >= 0.3 is 0 Å². The van der Waals surface area contributed by atoms with Gasteiger partial charge in [-0.3, -0.25) is 9.80 Å². The fourth-order valence-corrected chi connectivity index (χ4v) is 4.80. The molecule has 2 aromatic carbocycles. The summed E-state index contributed by atoms with van der Waals surface area (Å²) in [5.74, 6) is 0. The predicted molar refractivity (Wildman–Crippen MR) is 104 cm³/mol. The van der Waals surface area contributed by atoms with E-state index in [1.54, 1.807) is 0 Å². The first-order chi connectivity index (χ1) is 12.3. The summed E-state index contributed by atoms with van der Waals surface area (Å²) in [6.07, 6.45) is 6.38. The first-order valence-corrected chi connectivity index (χ1v) is 9.90. The van der Waals surface area contributed by atoms with Crippen LogP contribution < -0.4 is 0 Å². The molecular weight excluding hydrogens is 308 g/mol. The summed E-state index contributed by atoms with van der Waals surface area (Å²) in [6, 6.07) is 16.7. The molecule has 0 bridgehead atoms. The Morgan fingerprint density at radius 1 is 0.960 bits per heavy atom. The van der Waals surface area contributed by atoms with Crippen LogP contribution in [0.3, 0.4) is 0 Å². The number of aliphatic hydroxyl groups is 1. The van der Waals surface area contributed by atoms with E-state index in [0.29, 0.717) is 12.6 Å². The van der Waals surface area contributed by atoms with Crippen LogP contribution in [0.4, 0.5) is 0 Å². The third-order valence-corrected chi connectivity index (χ3v) is 6.09. The van der Waals surface area contributed by atoms with E-state index >= 15 is 0 Å². The van der Waals surface area contributed by atoms with Gasteiger partial charge in [-0.2, -0.15) is 0 Å². The van der Waals surface area contributed by atoms with Gasteiger partial charge in [0, 0.05) is 44.9 Å². The molecule has 1 saturated heterocycles. The van der Waals surface area contributed by atoms with Crippen LogP contribution in [0.2, 0.25) is 0 Å². The number of benzene rings is 2. The Balaban J connectivity index is 1.43. The Morgan fingerprint density at radius 2 is 1.76 bits per heavy atom. The highest BCUT2D eigenvalue weighted by molar-refractivity contribution is 5.82. The Hall–Kier alpha value is -1.42. The molecule has 0 spiro atoms. The first-order valence-electron chi connectivity index (χ1n) is 9.90. The summed E-state index contributed by atoms with van der Waals surface area (Å²) in [5.41, 5.74) is 1.40. The van der Waals surface area contributed by atoms with Crippen LogP contribution >= 0.6 is 0 Å². The average molecular weight is 338 g/mol. The van der Waals surface area contributed by atoms with Crippen LogP contribution in [-0.4, -0.2) is 53.2 Å². The van der Waals surface area contributed by atoms with E-state index in [9.17, 15) is 5.11 Å². The number of rotatable bonds is 5. The lowest BCUT2D eigenvalue weighted by Crippen LogP contribution is -2.55. The van der Waals surface area contributed by atoms with Gasteiger partial charge in [-0.25, -0.2) is 0 Å². The molecule has 1 aliphatic carbocycles. The van der Waals surface area contributed by atoms with Gasteiger partial charge in [0.25, 0.3) is 0 Å². The van der Waals surface area contributed by atoms with Crippen LogP contribution in [0.15, 0.2) is 42.5 Å². The maximum atomic E-state index is 9.53. The molecule has 2 aliphatic rings. The fourth-order valence-electron chi connectivity index (χ4n) is 4.80. The van der Waals surface area contributed by atoms with Gasteiger partial charge in [0.05, 0.1) is 0 Å². The van der Waals surface area contributed by atoms with Gasteiger partial charge in [-0.15, -0.1) is 0 Å². The topological polar surface area (TPSA) is 26.7 Å². The summed E-state index contributed by atoms with van der Waals surface area (Å²) >= 11 is 0. The van der Waals surface area contributed by atoms with Crippen LogP contribution in [-0.2, 0) is 6.54 Å². The summed E-state index contributed by atoms with van der Waals surface area (Å²) in [4.78, 5) is 5.29. The molecule has 134 valence electrons. The standard InChI is InChI=1S/C22H30N2O/c25-14-11-22-17-23(12-13-24(22)21-7-3-4-8-21)16-18-9-10-19-5-1-2-6-20(19)15-18/h1-2,5-6,9-10,15,21-22,25H,3-4,7-8,11-14,16-17H2/t22-/m0/s1. The maximum Gasteiger partial charge on any atom is 0.0446 e. The van der Waals surface area contributed by atoms with Gasteiger partial charge in [0.15, 0.2) is 0 Å². The van der Waals surface area contributed by atoms with Gasteiger partial charge < -0.3 is 5.11 Å². The minimum atomic E-state index is 0.303. The zero-order valence-electron chi connectivity index (χ0n) is 15.1. The molecule has 3 heteroatoms. The number of fused-ring (bicyclic) bond motifs is 1. The van der Waals surface area contributed by atoms with Crippen molar-refractivity contribution in [3.05, 3.63) is 48.0 Å². The van der Waals surface area contributed by atoms with Crippen molar-refractivity contribution < 1.29 is 5.11 Å². The molecule has 2 fully saturated rings. The highest BCUT2D eigenvalue weighted by atomic mass is 16.3. The normalized spacial score (nSPS) is 23.5. The number of piperazine rings is 1. The van der Waals surface area contributed by atoms with E-state index in [-0.39, 0.29) is 0 Å². The summed E-state index contributed by atoms with van der Waals surface area (Å²) in [5, 5.41) is 12.2. The third-order valence-electron chi connectivity index (χ3n) is 6.09. The van der Waals surface area contributed by atoms with Crippen LogP contribution in [0.1, 0.15) is 37.7 Å². The smallest absolute Gasteiger partial charge is 0.0446 e. The van der Waals surface area contributed by atoms with Crippen LogP contribution in [0.25, 0.3) is 10.8 Å². The van der Waals surface area contributed by atoms with E-state index < -0.39 is 0 Å². The van der Waals surface area contributed by atoms with E-state index in [4.69, 9.17) is 0 Å². The number of nitrogens with zero attached hydrogens (tertiary/aromatic N) is 2. The quantitative estimate of drug-likeness (QED) is 0.901. The fraction of sp³-hybridized carbons (Fsp3) is 0.545. The van der Waals surface area contributed by atoms with E-state index in [1.165, 1.54) is 42.0 Å². The van der Waals surface area contributed by atoms with Crippen molar-refractivity contribution in [1.82, 2.24) is 9.80 Å². The lowest BCUT2D eigenvalue weighted by molar-refractivity contribution is 0.0267. The first kappa shape index (κ1) is 17.0. The lowest BCUT2D eigenvalue weighted by atomic mass is 10.0. The predicted octanol–water partition coefficient (Wildman–Crippen LogP) is 3.65. The van der Waals surface area contributed by atoms with Gasteiger partial charge in [0.1, 0.15) is 0 Å². The molecule has 4 rings (SSSR count). The van der Waals surface area contributed by atoms with Crippen LogP contribution in [0, 0.1) is 0 Å². The Labute approximate surface area is 151 Å². The summed E-state index contributed by atoms with van der Waals surface area (Å²) < 4.78 is 0. The number of hydrogen-bond acceptors (Lipinski definition) is 3. The molecule has 1 heterocycles. The second-order valence-electron chi connectivity index (χ2n) is 7.76. The number of aliphatic hydroxyl groups excluding tert-OH is 1. The Morgan fingerprint density at radius 3 is 2.56 bits per heavy atom. The average Bonchev–Trinajstić information content (AvgIpc) is 3.17. The van der Waals surface area contributed by atoms with Crippen LogP contribution in [0.5, 0.6) is 0 Å². The molecule has 25 heavy (non-hydrogen) atoms. The van der Waals surface area contributed by atoms with Gasteiger partial charge in [0.2, 0.25) is 0 Å². The minimum Gasteiger partial charge on any atom is -0.396 e. The molecule has 1 saturated carbocycles. The Bertz CT molecular complexity index is 695. The monoisotopic (exact) mass is 338 g/mol. The zero-order valence-corrected chi connectivity index (χ0v) is 15.1. The van der Waals surface area contributed by atoms with Crippen molar-refractivity contribution >= 4 is 10.8 Å². The zero-order chi connectivity index (χ0) is 17.1. The summed E-state index contributed by atoms with van der Waals surface area (Å²) in [6.45, 7) is 4.71. The Kier molecular flexibility index (Phi) is 5.35. The molecule has 1 atom stereocenters. The van der Waals surface area contributed by atoms with E-state index in [2.05, 4.69) is 52.3 Å². The van der Waals surface area contributed by atoms with Crippen molar-refractivity contribution in [2.45, 2.75) is 50.7 Å². The second kappa shape index (κ2) is 7.86. The molecule has 2 aromatic rings. The largest absolute Gasteiger partial charge is 0.396 e. The summed E-state index contributed by atoms with van der Waals surface area (Å²) in [7, 11) is 0. The van der Waals surface area contributed by atoms with E-state index in [1.807, 2.05) is 0 Å². The van der Waals surface area contributed by atoms with Crippen molar-refractivity contribution in [1.29, 1.82) is 0 Å². The van der Waals surface area contributed by atoms with Crippen molar-refractivity contribution in [3.63, 3.8) is 0 Å². The molecule has 0 radical (unpaired) electrons. The molecule has 1 N–H and O–H groups in total. The molecule has 1 aliphatic heterocycles. The van der Waals surface area contributed by atoms with E-state index in [0.717, 1.165) is 38.6 Å². The lowest BCUT2D eigenvalue weighted by Gasteiger charge is -2.44. The molecule has 3 nitrogen and oxygen atoms in total. The molecule has 0 amide bonds.